The van der Waals surface area contributed by atoms with E-state index in [9.17, 15) is 0 Å². The van der Waals surface area contributed by atoms with Gasteiger partial charge < -0.3 is 0 Å². The highest BCUT2D eigenvalue weighted by atomic mass is 32.2. The van der Waals surface area contributed by atoms with Crippen LogP contribution in [0.5, 0.6) is 0 Å². The third-order valence-electron chi connectivity index (χ3n) is 4.57. The molecule has 0 saturated heterocycles. The molecule has 0 saturated carbocycles. The SMILES string of the molecule is CC1(c2ccccc2)c2cc(S)ccc2Sc2ccc(S)cc21. The molecule has 0 atom stereocenters. The van der Waals surface area contributed by atoms with Crippen molar-refractivity contribution in [3.05, 3.63) is 83.4 Å². The van der Waals surface area contributed by atoms with Crippen molar-refractivity contribution in [2.24, 2.45) is 0 Å². The Morgan fingerprint density at radius 1 is 0.739 bits per heavy atom. The maximum absolute atomic E-state index is 4.57. The van der Waals surface area contributed by atoms with Gasteiger partial charge in [-0.2, -0.15) is 0 Å². The topological polar surface area (TPSA) is 0 Å². The molecule has 1 aliphatic rings. The second-order valence-electron chi connectivity index (χ2n) is 5.95. The summed E-state index contributed by atoms with van der Waals surface area (Å²) < 4.78 is 0. The number of fused-ring (bicyclic) bond motifs is 2. The van der Waals surface area contributed by atoms with Gasteiger partial charge in [0, 0.05) is 25.0 Å². The van der Waals surface area contributed by atoms with Crippen molar-refractivity contribution in [3.63, 3.8) is 0 Å². The van der Waals surface area contributed by atoms with Crippen molar-refractivity contribution < 1.29 is 0 Å². The molecule has 0 fully saturated rings. The summed E-state index contributed by atoms with van der Waals surface area (Å²) in [6.45, 7) is 2.31. The van der Waals surface area contributed by atoms with Crippen molar-refractivity contribution in [2.75, 3.05) is 0 Å². The number of rotatable bonds is 1. The maximum atomic E-state index is 4.57. The summed E-state index contributed by atoms with van der Waals surface area (Å²) in [5, 5.41) is 0. The molecule has 0 amide bonds. The molecule has 0 nitrogen and oxygen atoms in total. The van der Waals surface area contributed by atoms with Gasteiger partial charge in [0.05, 0.1) is 0 Å². The minimum atomic E-state index is -0.200. The van der Waals surface area contributed by atoms with Crippen molar-refractivity contribution in [3.8, 4) is 0 Å². The molecule has 0 bridgehead atoms. The summed E-state index contributed by atoms with van der Waals surface area (Å²) in [6.07, 6.45) is 0. The number of benzene rings is 3. The highest BCUT2D eigenvalue weighted by Gasteiger charge is 2.38. The van der Waals surface area contributed by atoms with E-state index in [1.807, 2.05) is 11.8 Å². The van der Waals surface area contributed by atoms with Gasteiger partial charge in [-0.3, -0.25) is 0 Å². The van der Waals surface area contributed by atoms with E-state index < -0.39 is 0 Å². The molecule has 23 heavy (non-hydrogen) atoms. The largest absolute Gasteiger partial charge is 0.143 e. The minimum absolute atomic E-state index is 0.200. The maximum Gasteiger partial charge on any atom is 0.0446 e. The number of hydrogen-bond acceptors (Lipinski definition) is 3. The second-order valence-corrected chi connectivity index (χ2v) is 8.07. The lowest BCUT2D eigenvalue weighted by Crippen LogP contribution is -2.29. The molecule has 4 rings (SSSR count). The van der Waals surface area contributed by atoms with Crippen LogP contribution < -0.4 is 0 Å². The lowest BCUT2D eigenvalue weighted by molar-refractivity contribution is 0.650. The molecular weight excluding hydrogens is 336 g/mol. The predicted molar refractivity (Wildman–Crippen MR) is 104 cm³/mol. The normalized spacial score (nSPS) is 14.9. The van der Waals surface area contributed by atoms with E-state index in [4.69, 9.17) is 0 Å². The zero-order chi connectivity index (χ0) is 16.0. The number of thiol groups is 2. The van der Waals surface area contributed by atoms with Crippen LogP contribution in [0.4, 0.5) is 0 Å². The van der Waals surface area contributed by atoms with E-state index in [-0.39, 0.29) is 5.41 Å². The molecule has 114 valence electrons. The Balaban J connectivity index is 2.08. The standard InChI is InChI=1S/C20H16S3/c1-20(13-5-3-2-4-6-13)16-11-14(21)7-9-18(16)23-19-10-8-15(22)12-17(19)20/h2-12,21-22H,1H3. The molecule has 0 spiro atoms. The second kappa shape index (κ2) is 5.66. The van der Waals surface area contributed by atoms with Gasteiger partial charge in [0.15, 0.2) is 0 Å². The lowest BCUT2D eigenvalue weighted by atomic mass is 9.71. The van der Waals surface area contributed by atoms with Crippen LogP contribution in [0.15, 0.2) is 86.3 Å². The highest BCUT2D eigenvalue weighted by Crippen LogP contribution is 2.52. The van der Waals surface area contributed by atoms with Gasteiger partial charge >= 0.3 is 0 Å². The fourth-order valence-corrected chi connectivity index (χ4v) is 5.00. The van der Waals surface area contributed by atoms with Crippen molar-refractivity contribution >= 4 is 37.0 Å². The molecule has 0 aliphatic carbocycles. The van der Waals surface area contributed by atoms with Crippen LogP contribution in [-0.2, 0) is 5.41 Å². The van der Waals surface area contributed by atoms with E-state index in [0.29, 0.717) is 0 Å². The Morgan fingerprint density at radius 3 is 1.78 bits per heavy atom. The van der Waals surface area contributed by atoms with Crippen LogP contribution in [0, 0.1) is 0 Å². The molecule has 0 N–H and O–H groups in total. The van der Waals surface area contributed by atoms with Gasteiger partial charge in [-0.05, 0) is 60.0 Å². The summed E-state index contributed by atoms with van der Waals surface area (Å²) in [5.74, 6) is 0. The van der Waals surface area contributed by atoms with Gasteiger partial charge in [0.2, 0.25) is 0 Å². The molecule has 1 heterocycles. The summed E-state index contributed by atoms with van der Waals surface area (Å²) in [6, 6.07) is 23.6. The van der Waals surface area contributed by atoms with Crippen LogP contribution in [0.1, 0.15) is 23.6 Å². The first-order valence-corrected chi connectivity index (χ1v) is 9.20. The van der Waals surface area contributed by atoms with Gasteiger partial charge in [-0.25, -0.2) is 0 Å². The van der Waals surface area contributed by atoms with E-state index in [1.54, 1.807) is 0 Å². The third-order valence-corrected chi connectivity index (χ3v) is 6.28. The van der Waals surface area contributed by atoms with Crippen LogP contribution in [0.3, 0.4) is 0 Å². The van der Waals surface area contributed by atoms with Gasteiger partial charge in [0.25, 0.3) is 0 Å². The van der Waals surface area contributed by atoms with Gasteiger partial charge in [-0.1, -0.05) is 42.1 Å². The summed E-state index contributed by atoms with van der Waals surface area (Å²) in [7, 11) is 0. The zero-order valence-electron chi connectivity index (χ0n) is 12.7. The third kappa shape index (κ3) is 2.42. The predicted octanol–water partition coefficient (Wildman–Crippen LogP) is 6.08. The van der Waals surface area contributed by atoms with Crippen LogP contribution in [-0.4, -0.2) is 0 Å². The van der Waals surface area contributed by atoms with Gasteiger partial charge in [-0.15, -0.1) is 25.3 Å². The lowest BCUT2D eigenvalue weighted by Gasteiger charge is -2.38. The first-order valence-electron chi connectivity index (χ1n) is 7.49. The zero-order valence-corrected chi connectivity index (χ0v) is 15.3. The molecular formula is C20H16S3. The van der Waals surface area contributed by atoms with E-state index in [2.05, 4.69) is 98.9 Å². The van der Waals surface area contributed by atoms with Crippen molar-refractivity contribution in [1.29, 1.82) is 0 Å². The van der Waals surface area contributed by atoms with E-state index >= 15 is 0 Å². The van der Waals surface area contributed by atoms with Gasteiger partial charge in [0.1, 0.15) is 0 Å². The Kier molecular flexibility index (Phi) is 3.75. The molecule has 0 radical (unpaired) electrons. The molecule has 3 aromatic rings. The average molecular weight is 353 g/mol. The number of hydrogen-bond donors (Lipinski definition) is 2. The fraction of sp³-hybridized carbons (Fsp3) is 0.100. The molecule has 3 heteroatoms. The van der Waals surface area contributed by atoms with Crippen LogP contribution in [0.25, 0.3) is 0 Å². The fourth-order valence-electron chi connectivity index (χ4n) is 3.34. The minimum Gasteiger partial charge on any atom is -0.143 e. The Bertz CT molecular complexity index is 833. The van der Waals surface area contributed by atoms with Crippen molar-refractivity contribution in [1.82, 2.24) is 0 Å². The first kappa shape index (κ1) is 15.3. The highest BCUT2D eigenvalue weighted by molar-refractivity contribution is 7.99. The smallest absolute Gasteiger partial charge is 0.0446 e. The molecule has 1 aliphatic heterocycles. The summed E-state index contributed by atoms with van der Waals surface area (Å²) in [5.41, 5.74) is 3.72. The Labute approximate surface area is 152 Å². The molecule has 0 unspecified atom stereocenters. The van der Waals surface area contributed by atoms with E-state index in [1.165, 1.54) is 26.5 Å². The molecule has 3 aromatic carbocycles. The summed E-state index contributed by atoms with van der Waals surface area (Å²) in [4.78, 5) is 4.59. The monoisotopic (exact) mass is 352 g/mol. The first-order chi connectivity index (χ1) is 11.1. The average Bonchev–Trinajstić information content (AvgIpc) is 2.57. The Morgan fingerprint density at radius 2 is 1.26 bits per heavy atom. The summed E-state index contributed by atoms with van der Waals surface area (Å²) >= 11 is 11.0. The molecule has 0 aromatic heterocycles. The Hall–Kier alpha value is -1.29. The quantitative estimate of drug-likeness (QED) is 0.500. The van der Waals surface area contributed by atoms with Crippen LogP contribution >= 0.6 is 37.0 Å². The van der Waals surface area contributed by atoms with Crippen LogP contribution in [0.2, 0.25) is 0 Å². The van der Waals surface area contributed by atoms with Crippen molar-refractivity contribution in [2.45, 2.75) is 31.9 Å². The van der Waals surface area contributed by atoms with E-state index in [0.717, 1.165) is 9.79 Å².